The molecule has 0 saturated heterocycles. The van der Waals surface area contributed by atoms with Crippen molar-refractivity contribution in [3.05, 3.63) is 64.7 Å². The van der Waals surface area contributed by atoms with E-state index in [4.69, 9.17) is 11.6 Å². The molecule has 0 fully saturated rings. The van der Waals surface area contributed by atoms with Crippen LogP contribution < -0.4 is 0 Å². The highest BCUT2D eigenvalue weighted by atomic mass is 35.5. The van der Waals surface area contributed by atoms with E-state index in [2.05, 4.69) is 0 Å². The number of thioether (sulfide) groups is 1. The van der Waals surface area contributed by atoms with Crippen molar-refractivity contribution in [2.75, 3.05) is 5.75 Å². The van der Waals surface area contributed by atoms with Crippen LogP contribution in [0.3, 0.4) is 0 Å². The molecule has 0 spiro atoms. The largest absolute Gasteiger partial charge is 0.392 e. The second-order valence-electron chi connectivity index (χ2n) is 4.37. The Balaban J connectivity index is 1.89. The molecular weight excluding hydrogens is 302 g/mol. The van der Waals surface area contributed by atoms with Gasteiger partial charge in [-0.25, -0.2) is 8.78 Å². The highest BCUT2D eigenvalue weighted by Crippen LogP contribution is 2.21. The SMILES string of the molecule is OC(CSc1cccc(F)c1)Cc1ccc(Cl)c(F)c1. The molecule has 0 aliphatic carbocycles. The minimum Gasteiger partial charge on any atom is -0.392 e. The van der Waals surface area contributed by atoms with Crippen LogP contribution >= 0.6 is 23.4 Å². The zero-order chi connectivity index (χ0) is 14.5. The molecule has 0 amide bonds. The van der Waals surface area contributed by atoms with Crippen molar-refractivity contribution in [2.24, 2.45) is 0 Å². The second kappa shape index (κ2) is 7.07. The van der Waals surface area contributed by atoms with Crippen LogP contribution in [-0.4, -0.2) is 17.0 Å². The molecule has 2 aromatic carbocycles. The summed E-state index contributed by atoms with van der Waals surface area (Å²) in [5.41, 5.74) is 0.680. The third-order valence-corrected chi connectivity index (χ3v) is 4.14. The lowest BCUT2D eigenvalue weighted by Gasteiger charge is -2.11. The van der Waals surface area contributed by atoms with Crippen molar-refractivity contribution in [1.29, 1.82) is 0 Å². The number of rotatable bonds is 5. The molecule has 0 saturated carbocycles. The molecule has 2 aromatic rings. The van der Waals surface area contributed by atoms with E-state index in [0.29, 0.717) is 17.7 Å². The molecule has 1 unspecified atom stereocenters. The molecule has 0 aliphatic heterocycles. The quantitative estimate of drug-likeness (QED) is 0.830. The summed E-state index contributed by atoms with van der Waals surface area (Å²) < 4.78 is 26.3. The van der Waals surface area contributed by atoms with E-state index in [1.54, 1.807) is 18.2 Å². The second-order valence-corrected chi connectivity index (χ2v) is 5.88. The average Bonchev–Trinajstić information content (AvgIpc) is 2.41. The molecular formula is C15H13ClF2OS. The van der Waals surface area contributed by atoms with Gasteiger partial charge in [0.25, 0.3) is 0 Å². The fourth-order valence-corrected chi connectivity index (χ4v) is 2.74. The van der Waals surface area contributed by atoms with Crippen molar-refractivity contribution in [3.63, 3.8) is 0 Å². The van der Waals surface area contributed by atoms with Crippen molar-refractivity contribution in [1.82, 2.24) is 0 Å². The molecule has 1 nitrogen and oxygen atoms in total. The van der Waals surface area contributed by atoms with Gasteiger partial charge in [-0.05, 0) is 42.3 Å². The zero-order valence-corrected chi connectivity index (χ0v) is 12.1. The third-order valence-electron chi connectivity index (χ3n) is 2.69. The van der Waals surface area contributed by atoms with E-state index in [1.807, 2.05) is 0 Å². The highest BCUT2D eigenvalue weighted by molar-refractivity contribution is 7.99. The molecule has 1 N–H and O–H groups in total. The number of halogens is 3. The van der Waals surface area contributed by atoms with Crippen molar-refractivity contribution in [2.45, 2.75) is 17.4 Å². The van der Waals surface area contributed by atoms with Gasteiger partial charge in [-0.3, -0.25) is 0 Å². The fraction of sp³-hybridized carbons (Fsp3) is 0.200. The molecule has 106 valence electrons. The first-order chi connectivity index (χ1) is 9.54. The number of hydrogen-bond donors (Lipinski definition) is 1. The first-order valence-corrected chi connectivity index (χ1v) is 7.41. The summed E-state index contributed by atoms with van der Waals surface area (Å²) in [6, 6.07) is 10.7. The minimum atomic E-state index is -0.635. The topological polar surface area (TPSA) is 20.2 Å². The van der Waals surface area contributed by atoms with E-state index < -0.39 is 11.9 Å². The third kappa shape index (κ3) is 4.47. The van der Waals surface area contributed by atoms with Gasteiger partial charge >= 0.3 is 0 Å². The van der Waals surface area contributed by atoms with Crippen molar-refractivity contribution < 1.29 is 13.9 Å². The summed E-state index contributed by atoms with van der Waals surface area (Å²) in [7, 11) is 0. The molecule has 5 heteroatoms. The zero-order valence-electron chi connectivity index (χ0n) is 10.5. The minimum absolute atomic E-state index is 0.0670. The monoisotopic (exact) mass is 314 g/mol. The van der Waals surface area contributed by atoms with E-state index in [-0.39, 0.29) is 10.8 Å². The van der Waals surface area contributed by atoms with Crippen LogP contribution in [0.25, 0.3) is 0 Å². The standard InChI is InChI=1S/C15H13ClF2OS/c16-14-5-4-10(7-15(14)18)6-12(19)9-20-13-3-1-2-11(17)8-13/h1-5,7-8,12,19H,6,9H2. The Morgan fingerprint density at radius 2 is 1.95 bits per heavy atom. The molecule has 2 rings (SSSR count). The Morgan fingerprint density at radius 1 is 1.15 bits per heavy atom. The smallest absolute Gasteiger partial charge is 0.142 e. The van der Waals surface area contributed by atoms with E-state index in [1.165, 1.54) is 36.0 Å². The Bertz CT molecular complexity index is 592. The maximum atomic E-state index is 13.3. The predicted octanol–water partition coefficient (Wildman–Crippen LogP) is 4.31. The van der Waals surface area contributed by atoms with Crippen molar-refractivity contribution >= 4 is 23.4 Å². The van der Waals surface area contributed by atoms with Crippen LogP contribution in [0, 0.1) is 11.6 Å². The molecule has 1 atom stereocenters. The van der Waals surface area contributed by atoms with Gasteiger partial charge in [0, 0.05) is 10.6 Å². The Morgan fingerprint density at radius 3 is 2.65 bits per heavy atom. The number of hydrogen-bond acceptors (Lipinski definition) is 2. The maximum absolute atomic E-state index is 13.3. The Hall–Kier alpha value is -1.10. The highest BCUT2D eigenvalue weighted by Gasteiger charge is 2.09. The number of aliphatic hydroxyl groups excluding tert-OH is 1. The molecule has 0 bridgehead atoms. The molecule has 0 aliphatic rings. The molecule has 20 heavy (non-hydrogen) atoms. The summed E-state index contributed by atoms with van der Waals surface area (Å²) in [6.45, 7) is 0. The Kier molecular flexibility index (Phi) is 5.40. The van der Waals surface area contributed by atoms with Gasteiger partial charge in [-0.2, -0.15) is 0 Å². The van der Waals surface area contributed by atoms with E-state index in [9.17, 15) is 13.9 Å². The lowest BCUT2D eigenvalue weighted by Crippen LogP contribution is -2.13. The average molecular weight is 315 g/mol. The van der Waals surface area contributed by atoms with Crippen LogP contribution in [-0.2, 0) is 6.42 Å². The molecule has 0 heterocycles. The summed E-state index contributed by atoms with van der Waals surface area (Å²) in [5, 5.41) is 9.99. The molecule has 0 aromatic heterocycles. The van der Waals surface area contributed by atoms with Crippen LogP contribution in [0.5, 0.6) is 0 Å². The van der Waals surface area contributed by atoms with Gasteiger partial charge in [0.1, 0.15) is 11.6 Å². The number of aliphatic hydroxyl groups is 1. The Labute approximate surface area is 125 Å². The summed E-state index contributed by atoms with van der Waals surface area (Å²) in [6.07, 6.45) is -0.306. The van der Waals surface area contributed by atoms with Gasteiger partial charge < -0.3 is 5.11 Å². The number of benzene rings is 2. The van der Waals surface area contributed by atoms with Crippen LogP contribution in [0.2, 0.25) is 5.02 Å². The summed E-state index contributed by atoms with van der Waals surface area (Å²) >= 11 is 6.96. The predicted molar refractivity (Wildman–Crippen MR) is 78.2 cm³/mol. The molecule has 0 radical (unpaired) electrons. The first kappa shape index (κ1) is 15.3. The van der Waals surface area contributed by atoms with Gasteiger partial charge in [0.2, 0.25) is 0 Å². The maximum Gasteiger partial charge on any atom is 0.142 e. The lowest BCUT2D eigenvalue weighted by molar-refractivity contribution is 0.200. The summed E-state index contributed by atoms with van der Waals surface area (Å²) in [5.74, 6) is -0.383. The normalized spacial score (nSPS) is 12.4. The lowest BCUT2D eigenvalue weighted by atomic mass is 10.1. The van der Waals surface area contributed by atoms with Gasteiger partial charge in [0.05, 0.1) is 11.1 Å². The van der Waals surface area contributed by atoms with Gasteiger partial charge in [0.15, 0.2) is 0 Å². The fourth-order valence-electron chi connectivity index (χ4n) is 1.75. The van der Waals surface area contributed by atoms with E-state index in [0.717, 1.165) is 4.90 Å². The first-order valence-electron chi connectivity index (χ1n) is 6.05. The van der Waals surface area contributed by atoms with E-state index >= 15 is 0 Å². The van der Waals surface area contributed by atoms with Gasteiger partial charge in [-0.15, -0.1) is 11.8 Å². The van der Waals surface area contributed by atoms with Crippen molar-refractivity contribution in [3.8, 4) is 0 Å². The van der Waals surface area contributed by atoms with Crippen LogP contribution in [0.1, 0.15) is 5.56 Å². The van der Waals surface area contributed by atoms with Crippen LogP contribution in [0.15, 0.2) is 47.4 Å². The summed E-state index contributed by atoms with van der Waals surface area (Å²) in [4.78, 5) is 0.756. The van der Waals surface area contributed by atoms with Gasteiger partial charge in [-0.1, -0.05) is 23.7 Å². The van der Waals surface area contributed by atoms with Crippen LogP contribution in [0.4, 0.5) is 8.78 Å².